The molecule has 1 heterocycles. The minimum Gasteiger partial charge on any atom is -0.481 e. The Labute approximate surface area is 71.2 Å². The highest BCUT2D eigenvalue weighted by atomic mass is 35.5. The van der Waals surface area contributed by atoms with Gasteiger partial charge in [0.1, 0.15) is 5.82 Å². The van der Waals surface area contributed by atoms with Crippen LogP contribution in [0.4, 0.5) is 0 Å². The number of methoxy groups -OCH3 is 1. The van der Waals surface area contributed by atoms with Crippen molar-refractivity contribution in [1.82, 2.24) is 9.97 Å². The van der Waals surface area contributed by atoms with E-state index in [0.29, 0.717) is 18.2 Å². The predicted molar refractivity (Wildman–Crippen MR) is 43.7 cm³/mol. The average Bonchev–Trinajstić information content (AvgIpc) is 2.05. The van der Waals surface area contributed by atoms with Crippen molar-refractivity contribution in [2.75, 3.05) is 7.11 Å². The third-order valence-electron chi connectivity index (χ3n) is 1.07. The quantitative estimate of drug-likeness (QED) is 0.706. The number of ether oxygens (including phenoxy) is 1. The van der Waals surface area contributed by atoms with Crippen LogP contribution in [-0.4, -0.2) is 17.1 Å². The molecule has 0 aliphatic carbocycles. The Kier molecular flexibility index (Phi) is 4.49. The number of nitrogens with zero attached hydrogens (tertiary/aromatic N) is 2. The Bertz CT molecular complexity index is 199. The van der Waals surface area contributed by atoms with E-state index in [1.165, 1.54) is 0 Å². The summed E-state index contributed by atoms with van der Waals surface area (Å²) in [6.45, 7) is 0.344. The van der Waals surface area contributed by atoms with Gasteiger partial charge in [0.25, 0.3) is 0 Å². The zero-order valence-corrected chi connectivity index (χ0v) is 6.97. The second-order valence-corrected chi connectivity index (χ2v) is 1.72. The van der Waals surface area contributed by atoms with Gasteiger partial charge >= 0.3 is 0 Å². The smallest absolute Gasteiger partial charge is 0.216 e. The molecule has 0 aliphatic rings. The predicted octanol–water partition coefficient (Wildman–Crippen LogP) is 0.366. The molecule has 0 bridgehead atoms. The third kappa shape index (κ3) is 2.69. The Hall–Kier alpha value is -0.870. The van der Waals surface area contributed by atoms with E-state index >= 15 is 0 Å². The van der Waals surface area contributed by atoms with Gasteiger partial charge in [-0.05, 0) is 0 Å². The summed E-state index contributed by atoms with van der Waals surface area (Å²) in [5.41, 5.74) is 5.29. The van der Waals surface area contributed by atoms with Crippen LogP contribution in [0.15, 0.2) is 12.3 Å². The maximum Gasteiger partial charge on any atom is 0.216 e. The Balaban J connectivity index is 0.000001000. The fourth-order valence-corrected chi connectivity index (χ4v) is 0.592. The molecule has 0 atom stereocenters. The maximum absolute atomic E-state index is 5.29. The monoisotopic (exact) mass is 175 g/mol. The van der Waals surface area contributed by atoms with Gasteiger partial charge in [0.15, 0.2) is 0 Å². The largest absolute Gasteiger partial charge is 0.481 e. The van der Waals surface area contributed by atoms with Crippen molar-refractivity contribution in [3.63, 3.8) is 0 Å². The number of rotatable bonds is 2. The number of hydrogen-bond donors (Lipinski definition) is 1. The molecular weight excluding hydrogens is 166 g/mol. The minimum absolute atomic E-state index is 0. The molecule has 0 amide bonds. The van der Waals surface area contributed by atoms with Gasteiger partial charge in [-0.3, -0.25) is 0 Å². The van der Waals surface area contributed by atoms with Crippen LogP contribution in [-0.2, 0) is 6.54 Å². The molecule has 0 aliphatic heterocycles. The minimum atomic E-state index is 0. The van der Waals surface area contributed by atoms with Crippen molar-refractivity contribution >= 4 is 12.4 Å². The molecule has 1 aromatic rings. The Morgan fingerprint density at radius 1 is 1.64 bits per heavy atom. The van der Waals surface area contributed by atoms with Gasteiger partial charge < -0.3 is 10.5 Å². The Morgan fingerprint density at radius 2 is 2.36 bits per heavy atom. The van der Waals surface area contributed by atoms with E-state index < -0.39 is 0 Å². The van der Waals surface area contributed by atoms with Crippen LogP contribution >= 0.6 is 12.4 Å². The highest BCUT2D eigenvalue weighted by Crippen LogP contribution is 2.02. The van der Waals surface area contributed by atoms with E-state index in [9.17, 15) is 0 Å². The molecule has 0 spiro atoms. The molecule has 11 heavy (non-hydrogen) atoms. The lowest BCUT2D eigenvalue weighted by atomic mass is 10.5. The van der Waals surface area contributed by atoms with E-state index in [2.05, 4.69) is 9.97 Å². The molecular formula is C6H10ClN3O. The highest BCUT2D eigenvalue weighted by molar-refractivity contribution is 5.85. The number of hydrogen-bond acceptors (Lipinski definition) is 4. The third-order valence-corrected chi connectivity index (χ3v) is 1.07. The summed E-state index contributed by atoms with van der Waals surface area (Å²) in [5, 5.41) is 0. The molecule has 0 saturated heterocycles. The standard InChI is InChI=1S/C6H9N3O.ClH/c1-10-6-2-3-8-5(4-7)9-6;/h2-3H,4,7H2,1H3;1H. The first-order valence-corrected chi connectivity index (χ1v) is 2.93. The van der Waals surface area contributed by atoms with Crippen molar-refractivity contribution in [3.05, 3.63) is 18.1 Å². The van der Waals surface area contributed by atoms with E-state index in [-0.39, 0.29) is 12.4 Å². The van der Waals surface area contributed by atoms with Crippen molar-refractivity contribution in [2.45, 2.75) is 6.54 Å². The molecule has 1 aromatic heterocycles. The molecule has 0 aromatic carbocycles. The zero-order valence-electron chi connectivity index (χ0n) is 6.15. The van der Waals surface area contributed by atoms with Crippen molar-refractivity contribution in [1.29, 1.82) is 0 Å². The molecule has 0 unspecified atom stereocenters. The van der Waals surface area contributed by atoms with Crippen LogP contribution in [0, 0.1) is 0 Å². The summed E-state index contributed by atoms with van der Waals surface area (Å²) in [6.07, 6.45) is 1.62. The van der Waals surface area contributed by atoms with Gasteiger partial charge in [0.05, 0.1) is 13.7 Å². The summed E-state index contributed by atoms with van der Waals surface area (Å²) in [5.74, 6) is 1.15. The molecule has 0 fully saturated rings. The topological polar surface area (TPSA) is 61.0 Å². The van der Waals surface area contributed by atoms with Crippen molar-refractivity contribution < 1.29 is 4.74 Å². The van der Waals surface area contributed by atoms with Crippen molar-refractivity contribution in [2.24, 2.45) is 5.73 Å². The first-order chi connectivity index (χ1) is 4.86. The van der Waals surface area contributed by atoms with Crippen LogP contribution in [0.25, 0.3) is 0 Å². The molecule has 5 heteroatoms. The number of aromatic nitrogens is 2. The number of nitrogens with two attached hydrogens (primary N) is 1. The van der Waals surface area contributed by atoms with E-state index in [0.717, 1.165) is 0 Å². The van der Waals surface area contributed by atoms with E-state index in [4.69, 9.17) is 10.5 Å². The first kappa shape index (κ1) is 10.1. The number of halogens is 1. The van der Waals surface area contributed by atoms with Crippen LogP contribution in [0.5, 0.6) is 5.88 Å². The summed E-state index contributed by atoms with van der Waals surface area (Å²) < 4.78 is 4.85. The van der Waals surface area contributed by atoms with Gasteiger partial charge in [-0.2, -0.15) is 4.98 Å². The molecule has 2 N–H and O–H groups in total. The fraction of sp³-hybridized carbons (Fsp3) is 0.333. The highest BCUT2D eigenvalue weighted by Gasteiger charge is 1.93. The van der Waals surface area contributed by atoms with Gasteiger partial charge in [-0.25, -0.2) is 4.98 Å². The van der Waals surface area contributed by atoms with Gasteiger partial charge in [0, 0.05) is 12.3 Å². The second kappa shape index (κ2) is 4.87. The maximum atomic E-state index is 5.29. The lowest BCUT2D eigenvalue weighted by Crippen LogP contribution is -2.03. The van der Waals surface area contributed by atoms with Gasteiger partial charge in [-0.15, -0.1) is 12.4 Å². The molecule has 62 valence electrons. The van der Waals surface area contributed by atoms with E-state index in [1.807, 2.05) is 0 Å². The summed E-state index contributed by atoms with van der Waals surface area (Å²) in [6, 6.07) is 1.68. The normalized spacial score (nSPS) is 8.55. The van der Waals surface area contributed by atoms with E-state index in [1.54, 1.807) is 19.4 Å². The SMILES string of the molecule is COc1ccnc(CN)n1.Cl. The van der Waals surface area contributed by atoms with Gasteiger partial charge in [-0.1, -0.05) is 0 Å². The summed E-state index contributed by atoms with van der Waals surface area (Å²) in [4.78, 5) is 7.84. The Morgan fingerprint density at radius 3 is 2.91 bits per heavy atom. The average molecular weight is 176 g/mol. The summed E-state index contributed by atoms with van der Waals surface area (Å²) >= 11 is 0. The first-order valence-electron chi connectivity index (χ1n) is 2.93. The molecule has 0 radical (unpaired) electrons. The van der Waals surface area contributed by atoms with Gasteiger partial charge in [0.2, 0.25) is 5.88 Å². The summed E-state index contributed by atoms with van der Waals surface area (Å²) in [7, 11) is 1.56. The zero-order chi connectivity index (χ0) is 7.40. The fourth-order valence-electron chi connectivity index (χ4n) is 0.592. The molecule has 4 nitrogen and oxygen atoms in total. The second-order valence-electron chi connectivity index (χ2n) is 1.72. The van der Waals surface area contributed by atoms with Crippen molar-refractivity contribution in [3.8, 4) is 5.88 Å². The lowest BCUT2D eigenvalue weighted by molar-refractivity contribution is 0.394. The lowest BCUT2D eigenvalue weighted by Gasteiger charge is -1.98. The van der Waals surface area contributed by atoms with Crippen LogP contribution in [0.1, 0.15) is 5.82 Å². The van der Waals surface area contributed by atoms with Crippen LogP contribution in [0.2, 0.25) is 0 Å². The molecule has 0 saturated carbocycles. The van der Waals surface area contributed by atoms with Crippen LogP contribution in [0.3, 0.4) is 0 Å². The molecule has 1 rings (SSSR count). The van der Waals surface area contributed by atoms with Crippen LogP contribution < -0.4 is 10.5 Å².